The number of amides is 1. The van der Waals surface area contributed by atoms with E-state index in [1.807, 2.05) is 6.07 Å². The third-order valence-electron chi connectivity index (χ3n) is 5.96. The maximum absolute atomic E-state index is 13.2. The van der Waals surface area contributed by atoms with Gasteiger partial charge in [-0.1, -0.05) is 30.3 Å². The summed E-state index contributed by atoms with van der Waals surface area (Å²) in [6, 6.07) is 20.0. The lowest BCUT2D eigenvalue weighted by atomic mass is 10.0. The van der Waals surface area contributed by atoms with Crippen LogP contribution in [0.3, 0.4) is 0 Å². The molecule has 2 aromatic heterocycles. The van der Waals surface area contributed by atoms with Crippen LogP contribution in [0.4, 0.5) is 15.9 Å². The van der Waals surface area contributed by atoms with Crippen LogP contribution >= 0.6 is 0 Å². The van der Waals surface area contributed by atoms with E-state index in [0.29, 0.717) is 17.1 Å². The average Bonchev–Trinajstić information content (AvgIpc) is 3.32. The lowest BCUT2D eigenvalue weighted by Gasteiger charge is -2.32. The summed E-state index contributed by atoms with van der Waals surface area (Å²) >= 11 is 0. The van der Waals surface area contributed by atoms with Crippen LogP contribution in [0.25, 0.3) is 11.0 Å². The summed E-state index contributed by atoms with van der Waals surface area (Å²) in [7, 11) is 0. The van der Waals surface area contributed by atoms with Crippen molar-refractivity contribution in [3.8, 4) is 0 Å². The highest BCUT2D eigenvalue weighted by atomic mass is 19.1. The number of nitrogens with one attached hydrogen (secondary N) is 2. The molecule has 1 saturated heterocycles. The van der Waals surface area contributed by atoms with Gasteiger partial charge in [0.1, 0.15) is 22.9 Å². The van der Waals surface area contributed by atoms with E-state index >= 15 is 0 Å². The van der Waals surface area contributed by atoms with Crippen molar-refractivity contribution in [1.29, 1.82) is 0 Å². The highest BCUT2D eigenvalue weighted by Gasteiger charge is 2.22. The Morgan fingerprint density at radius 1 is 1.06 bits per heavy atom. The van der Waals surface area contributed by atoms with Crippen LogP contribution < -0.4 is 10.6 Å². The molecule has 4 aromatic rings. The fourth-order valence-electron chi connectivity index (χ4n) is 4.18. The number of fused-ring (bicyclic) bond motifs is 1. The van der Waals surface area contributed by atoms with E-state index < -0.39 is 0 Å². The first-order valence-electron chi connectivity index (χ1n) is 11.1. The van der Waals surface area contributed by atoms with E-state index in [1.54, 1.807) is 30.5 Å². The molecule has 0 bridgehead atoms. The summed E-state index contributed by atoms with van der Waals surface area (Å²) < 4.78 is 18.8. The van der Waals surface area contributed by atoms with E-state index in [-0.39, 0.29) is 23.5 Å². The predicted molar refractivity (Wildman–Crippen MR) is 126 cm³/mol. The molecule has 5 rings (SSSR count). The van der Waals surface area contributed by atoms with Crippen molar-refractivity contribution in [2.45, 2.75) is 25.4 Å². The number of carbonyl (C=O) groups is 1. The smallest absolute Gasteiger partial charge is 0.270 e. The topological polar surface area (TPSA) is 70.4 Å². The van der Waals surface area contributed by atoms with E-state index in [0.717, 1.165) is 37.9 Å². The van der Waals surface area contributed by atoms with Gasteiger partial charge >= 0.3 is 0 Å². The van der Waals surface area contributed by atoms with Gasteiger partial charge in [0.2, 0.25) is 0 Å². The number of benzene rings is 2. The number of hydrogen-bond acceptors (Lipinski definition) is 5. The molecular weight excluding hydrogens is 419 g/mol. The van der Waals surface area contributed by atoms with Gasteiger partial charge < -0.3 is 15.1 Å². The fourth-order valence-corrected chi connectivity index (χ4v) is 4.18. The summed E-state index contributed by atoms with van der Waals surface area (Å²) in [6.07, 6.45) is 3.34. The number of carbonyl (C=O) groups excluding carboxylic acids is 1. The van der Waals surface area contributed by atoms with E-state index in [9.17, 15) is 9.18 Å². The van der Waals surface area contributed by atoms with E-state index in [1.165, 1.54) is 17.7 Å². The molecule has 0 aliphatic carbocycles. The van der Waals surface area contributed by atoms with Crippen molar-refractivity contribution in [3.05, 3.63) is 90.1 Å². The number of hydrogen-bond donors (Lipinski definition) is 2. The average molecular weight is 445 g/mol. The molecule has 0 unspecified atom stereocenters. The molecule has 1 amide bonds. The Balaban J connectivity index is 1.25. The Morgan fingerprint density at radius 3 is 2.58 bits per heavy atom. The standard InChI is InChI=1S/C26H25FN4O2/c27-19-6-8-20(9-7-19)28-25-22-12-15-33-24(22)16-23(30-25)26(32)29-21-10-13-31(14-11-21)17-18-4-2-1-3-5-18/h1-9,12,15-16,21H,10-11,13-14,17H2,(H,28,30)(H,29,32). The molecule has 7 heteroatoms. The Hall–Kier alpha value is -3.71. The second kappa shape index (κ2) is 9.42. The van der Waals surface area contributed by atoms with Gasteiger partial charge in [-0.05, 0) is 48.7 Å². The van der Waals surface area contributed by atoms with Crippen molar-refractivity contribution in [1.82, 2.24) is 15.2 Å². The molecule has 168 valence electrons. The van der Waals surface area contributed by atoms with E-state index in [4.69, 9.17) is 4.42 Å². The van der Waals surface area contributed by atoms with Crippen molar-refractivity contribution >= 4 is 28.4 Å². The molecule has 0 saturated carbocycles. The summed E-state index contributed by atoms with van der Waals surface area (Å²) in [4.78, 5) is 19.9. The van der Waals surface area contributed by atoms with Crippen molar-refractivity contribution in [3.63, 3.8) is 0 Å². The molecule has 0 spiro atoms. The fraction of sp³-hybridized carbons (Fsp3) is 0.231. The number of aromatic nitrogens is 1. The number of rotatable bonds is 6. The van der Waals surface area contributed by atoms with Crippen LogP contribution in [-0.4, -0.2) is 34.9 Å². The van der Waals surface area contributed by atoms with Gasteiger partial charge in [-0.25, -0.2) is 9.37 Å². The van der Waals surface area contributed by atoms with Crippen molar-refractivity contribution in [2.24, 2.45) is 0 Å². The molecule has 33 heavy (non-hydrogen) atoms. The van der Waals surface area contributed by atoms with Crippen LogP contribution in [0.2, 0.25) is 0 Å². The highest BCUT2D eigenvalue weighted by Crippen LogP contribution is 2.27. The first-order chi connectivity index (χ1) is 16.1. The van der Waals surface area contributed by atoms with Gasteiger partial charge in [-0.3, -0.25) is 9.69 Å². The third kappa shape index (κ3) is 5.04. The number of piperidine rings is 1. The minimum atomic E-state index is -0.315. The Kier molecular flexibility index (Phi) is 6.04. The van der Waals surface area contributed by atoms with E-state index in [2.05, 4.69) is 44.8 Å². The quantitative estimate of drug-likeness (QED) is 0.433. The van der Waals surface area contributed by atoms with Crippen LogP contribution in [0.1, 0.15) is 28.9 Å². The van der Waals surface area contributed by atoms with Crippen LogP contribution in [0.15, 0.2) is 77.4 Å². The van der Waals surface area contributed by atoms with Gasteiger partial charge in [0.05, 0.1) is 11.6 Å². The molecule has 1 fully saturated rings. The summed E-state index contributed by atoms with van der Waals surface area (Å²) in [5, 5.41) is 7.05. The Morgan fingerprint density at radius 2 is 1.82 bits per heavy atom. The first kappa shape index (κ1) is 21.2. The largest absolute Gasteiger partial charge is 0.464 e. The molecule has 6 nitrogen and oxygen atoms in total. The summed E-state index contributed by atoms with van der Waals surface area (Å²) in [5.41, 5.74) is 2.83. The molecule has 2 N–H and O–H groups in total. The zero-order chi connectivity index (χ0) is 22.6. The highest BCUT2D eigenvalue weighted by molar-refractivity contribution is 5.99. The first-order valence-corrected chi connectivity index (χ1v) is 11.1. The second-order valence-corrected chi connectivity index (χ2v) is 8.33. The monoisotopic (exact) mass is 444 g/mol. The van der Waals surface area contributed by atoms with Crippen LogP contribution in [0, 0.1) is 5.82 Å². The number of nitrogens with zero attached hydrogens (tertiary/aromatic N) is 2. The lowest BCUT2D eigenvalue weighted by molar-refractivity contribution is 0.0904. The zero-order valence-electron chi connectivity index (χ0n) is 18.1. The minimum Gasteiger partial charge on any atom is -0.464 e. The van der Waals surface area contributed by atoms with Gasteiger partial charge in [0.25, 0.3) is 5.91 Å². The van der Waals surface area contributed by atoms with Crippen LogP contribution in [-0.2, 0) is 6.54 Å². The molecular formula is C26H25FN4O2. The molecule has 3 heterocycles. The third-order valence-corrected chi connectivity index (χ3v) is 5.96. The van der Waals surface area contributed by atoms with Gasteiger partial charge in [-0.15, -0.1) is 0 Å². The Bertz CT molecular complexity index is 1230. The lowest BCUT2D eigenvalue weighted by Crippen LogP contribution is -2.44. The number of furan rings is 1. The number of halogens is 1. The van der Waals surface area contributed by atoms with Gasteiger partial charge in [0, 0.05) is 37.4 Å². The molecule has 1 aliphatic heterocycles. The molecule has 1 aliphatic rings. The molecule has 2 aromatic carbocycles. The maximum atomic E-state index is 13.2. The van der Waals surface area contributed by atoms with Crippen molar-refractivity contribution < 1.29 is 13.6 Å². The summed E-state index contributed by atoms with van der Waals surface area (Å²) in [6.45, 7) is 2.79. The normalized spacial score (nSPS) is 14.9. The SMILES string of the molecule is O=C(NC1CCN(Cc2ccccc2)CC1)c1cc2occc2c(Nc2ccc(F)cc2)n1. The summed E-state index contributed by atoms with van der Waals surface area (Å²) in [5.74, 6) is -0.0439. The minimum absolute atomic E-state index is 0.104. The Labute approximate surface area is 191 Å². The van der Waals surface area contributed by atoms with Gasteiger partial charge in [-0.2, -0.15) is 0 Å². The molecule has 0 atom stereocenters. The maximum Gasteiger partial charge on any atom is 0.270 e. The second-order valence-electron chi connectivity index (χ2n) is 8.33. The van der Waals surface area contributed by atoms with Gasteiger partial charge in [0.15, 0.2) is 0 Å². The predicted octanol–water partition coefficient (Wildman–Crippen LogP) is 5.10. The van der Waals surface area contributed by atoms with Crippen molar-refractivity contribution in [2.75, 3.05) is 18.4 Å². The number of anilines is 2. The number of pyridine rings is 1. The number of likely N-dealkylation sites (tertiary alicyclic amines) is 1. The van der Waals surface area contributed by atoms with Crippen LogP contribution in [0.5, 0.6) is 0 Å². The zero-order valence-corrected chi connectivity index (χ0v) is 18.1. The molecule has 0 radical (unpaired) electrons.